The zero-order valence-corrected chi connectivity index (χ0v) is 11.4. The van der Waals surface area contributed by atoms with E-state index in [-0.39, 0.29) is 5.91 Å². The lowest BCUT2D eigenvalue weighted by Gasteiger charge is -2.26. The van der Waals surface area contributed by atoms with E-state index in [1.807, 2.05) is 30.5 Å². The van der Waals surface area contributed by atoms with Gasteiger partial charge in [0, 0.05) is 37.8 Å². The summed E-state index contributed by atoms with van der Waals surface area (Å²) in [5.74, 6) is -0.0219. The number of morpholine rings is 1. The van der Waals surface area contributed by atoms with E-state index in [0.29, 0.717) is 12.1 Å². The van der Waals surface area contributed by atoms with Crippen molar-refractivity contribution in [1.82, 2.24) is 15.2 Å². The van der Waals surface area contributed by atoms with Crippen LogP contribution in [0.4, 0.5) is 0 Å². The van der Waals surface area contributed by atoms with Gasteiger partial charge in [-0.15, -0.1) is 0 Å². The average Bonchev–Trinajstić information content (AvgIpc) is 2.96. The number of para-hydroxylation sites is 1. The Morgan fingerprint density at radius 2 is 2.15 bits per heavy atom. The number of ether oxygens (including phenoxy) is 1. The first-order valence-electron chi connectivity index (χ1n) is 6.99. The number of benzene rings is 1. The van der Waals surface area contributed by atoms with E-state index in [4.69, 9.17) is 4.74 Å². The molecule has 1 aliphatic heterocycles. The molecule has 2 N–H and O–H groups in total. The second-order valence-electron chi connectivity index (χ2n) is 4.96. The molecule has 1 amide bonds. The number of carbonyl (C=O) groups excluding carboxylic acids is 1. The van der Waals surface area contributed by atoms with E-state index < -0.39 is 0 Å². The topological polar surface area (TPSA) is 57.4 Å². The van der Waals surface area contributed by atoms with Crippen molar-refractivity contribution in [3.8, 4) is 0 Å². The summed E-state index contributed by atoms with van der Waals surface area (Å²) < 4.78 is 5.30. The number of hydrogen-bond donors (Lipinski definition) is 2. The van der Waals surface area contributed by atoms with Gasteiger partial charge in [0.2, 0.25) is 0 Å². The van der Waals surface area contributed by atoms with Crippen LogP contribution in [0.1, 0.15) is 10.4 Å². The monoisotopic (exact) mass is 273 g/mol. The molecule has 0 radical (unpaired) electrons. The second kappa shape index (κ2) is 6.07. The Kier molecular flexibility index (Phi) is 3.99. The van der Waals surface area contributed by atoms with Crippen molar-refractivity contribution in [2.75, 3.05) is 39.4 Å². The van der Waals surface area contributed by atoms with Crippen LogP contribution < -0.4 is 5.32 Å². The molecule has 5 heteroatoms. The molecule has 106 valence electrons. The molecule has 2 aromatic rings. The Labute approximate surface area is 117 Å². The molecule has 1 saturated heterocycles. The Morgan fingerprint density at radius 1 is 1.30 bits per heavy atom. The minimum absolute atomic E-state index is 0.0219. The number of fused-ring (bicyclic) bond motifs is 1. The first-order chi connectivity index (χ1) is 9.84. The molecule has 1 aromatic carbocycles. The van der Waals surface area contributed by atoms with E-state index in [2.05, 4.69) is 15.2 Å². The Balaban J connectivity index is 1.57. The Morgan fingerprint density at radius 3 is 3.00 bits per heavy atom. The SMILES string of the molecule is O=C(NCCN1CCOCC1)c1cccc2cc[nH]c12. The minimum atomic E-state index is -0.0219. The van der Waals surface area contributed by atoms with Crippen LogP contribution in [0.25, 0.3) is 10.9 Å². The highest BCUT2D eigenvalue weighted by molar-refractivity contribution is 6.05. The number of aromatic amines is 1. The largest absolute Gasteiger partial charge is 0.379 e. The van der Waals surface area contributed by atoms with Crippen molar-refractivity contribution in [2.45, 2.75) is 0 Å². The van der Waals surface area contributed by atoms with E-state index in [0.717, 1.165) is 43.8 Å². The van der Waals surface area contributed by atoms with Gasteiger partial charge in [-0.1, -0.05) is 12.1 Å². The number of aromatic nitrogens is 1. The molecule has 5 nitrogen and oxygen atoms in total. The van der Waals surface area contributed by atoms with Crippen LogP contribution in [-0.2, 0) is 4.74 Å². The third-order valence-electron chi connectivity index (χ3n) is 3.65. The highest BCUT2D eigenvalue weighted by Gasteiger charge is 2.12. The summed E-state index contributed by atoms with van der Waals surface area (Å²) in [6.07, 6.45) is 1.86. The molecule has 0 unspecified atom stereocenters. The van der Waals surface area contributed by atoms with Crippen LogP contribution in [0.2, 0.25) is 0 Å². The number of H-pyrrole nitrogens is 1. The zero-order chi connectivity index (χ0) is 13.8. The first-order valence-corrected chi connectivity index (χ1v) is 6.99. The molecule has 0 spiro atoms. The van der Waals surface area contributed by atoms with Crippen LogP contribution in [0.15, 0.2) is 30.5 Å². The molecule has 20 heavy (non-hydrogen) atoms. The van der Waals surface area contributed by atoms with Crippen LogP contribution in [0, 0.1) is 0 Å². The standard InChI is InChI=1S/C15H19N3O2/c19-15(17-6-7-18-8-10-20-11-9-18)13-3-1-2-12-4-5-16-14(12)13/h1-5,16H,6-11H2,(H,17,19). The van der Waals surface area contributed by atoms with Crippen molar-refractivity contribution in [3.05, 3.63) is 36.0 Å². The second-order valence-corrected chi connectivity index (χ2v) is 4.96. The summed E-state index contributed by atoms with van der Waals surface area (Å²) >= 11 is 0. The van der Waals surface area contributed by atoms with Crippen LogP contribution in [0.5, 0.6) is 0 Å². The van der Waals surface area contributed by atoms with Crippen molar-refractivity contribution < 1.29 is 9.53 Å². The van der Waals surface area contributed by atoms with Gasteiger partial charge in [0.05, 0.1) is 24.3 Å². The molecular formula is C15H19N3O2. The van der Waals surface area contributed by atoms with Crippen molar-refractivity contribution in [2.24, 2.45) is 0 Å². The maximum atomic E-state index is 12.2. The van der Waals surface area contributed by atoms with Gasteiger partial charge in [0.1, 0.15) is 0 Å². The smallest absolute Gasteiger partial charge is 0.253 e. The van der Waals surface area contributed by atoms with Gasteiger partial charge in [0.15, 0.2) is 0 Å². The predicted octanol–water partition coefficient (Wildman–Crippen LogP) is 1.23. The fraction of sp³-hybridized carbons (Fsp3) is 0.400. The summed E-state index contributed by atoms with van der Waals surface area (Å²) in [5, 5.41) is 4.05. The summed E-state index contributed by atoms with van der Waals surface area (Å²) in [4.78, 5) is 17.6. The van der Waals surface area contributed by atoms with Gasteiger partial charge in [-0.2, -0.15) is 0 Å². The van der Waals surface area contributed by atoms with E-state index in [1.54, 1.807) is 0 Å². The van der Waals surface area contributed by atoms with Crippen LogP contribution >= 0.6 is 0 Å². The molecule has 1 aliphatic rings. The number of nitrogens with zero attached hydrogens (tertiary/aromatic N) is 1. The summed E-state index contributed by atoms with van der Waals surface area (Å²) in [6.45, 7) is 5.00. The lowest BCUT2D eigenvalue weighted by molar-refractivity contribution is 0.0383. The molecule has 0 bridgehead atoms. The van der Waals surface area contributed by atoms with Gasteiger partial charge >= 0.3 is 0 Å². The lowest BCUT2D eigenvalue weighted by Crippen LogP contribution is -2.41. The normalized spacial score (nSPS) is 16.4. The third kappa shape index (κ3) is 2.84. The summed E-state index contributed by atoms with van der Waals surface area (Å²) in [6, 6.07) is 7.73. The first kappa shape index (κ1) is 13.1. The molecule has 1 aromatic heterocycles. The minimum Gasteiger partial charge on any atom is -0.379 e. The lowest BCUT2D eigenvalue weighted by atomic mass is 10.1. The van der Waals surface area contributed by atoms with Crippen LogP contribution in [-0.4, -0.2) is 55.2 Å². The van der Waals surface area contributed by atoms with Crippen molar-refractivity contribution >= 4 is 16.8 Å². The zero-order valence-electron chi connectivity index (χ0n) is 11.4. The summed E-state index contributed by atoms with van der Waals surface area (Å²) in [7, 11) is 0. The highest BCUT2D eigenvalue weighted by atomic mass is 16.5. The Hall–Kier alpha value is -1.85. The number of hydrogen-bond acceptors (Lipinski definition) is 3. The number of amides is 1. The quantitative estimate of drug-likeness (QED) is 0.881. The molecule has 0 saturated carbocycles. The summed E-state index contributed by atoms with van der Waals surface area (Å²) in [5.41, 5.74) is 1.60. The van der Waals surface area contributed by atoms with Gasteiger partial charge in [-0.25, -0.2) is 0 Å². The van der Waals surface area contributed by atoms with Crippen molar-refractivity contribution in [1.29, 1.82) is 0 Å². The van der Waals surface area contributed by atoms with Gasteiger partial charge < -0.3 is 15.0 Å². The number of carbonyl (C=O) groups is 1. The van der Waals surface area contributed by atoms with Gasteiger partial charge in [-0.3, -0.25) is 9.69 Å². The molecule has 1 fully saturated rings. The predicted molar refractivity (Wildman–Crippen MR) is 77.9 cm³/mol. The number of nitrogens with one attached hydrogen (secondary N) is 2. The maximum absolute atomic E-state index is 12.2. The molecule has 0 atom stereocenters. The van der Waals surface area contributed by atoms with Crippen LogP contribution in [0.3, 0.4) is 0 Å². The van der Waals surface area contributed by atoms with Gasteiger partial charge in [0.25, 0.3) is 5.91 Å². The average molecular weight is 273 g/mol. The third-order valence-corrected chi connectivity index (χ3v) is 3.65. The van der Waals surface area contributed by atoms with E-state index in [1.165, 1.54) is 0 Å². The highest BCUT2D eigenvalue weighted by Crippen LogP contribution is 2.16. The molecular weight excluding hydrogens is 254 g/mol. The fourth-order valence-electron chi connectivity index (χ4n) is 2.52. The molecule has 3 rings (SSSR count). The molecule has 2 heterocycles. The van der Waals surface area contributed by atoms with Crippen molar-refractivity contribution in [3.63, 3.8) is 0 Å². The van der Waals surface area contributed by atoms with E-state index in [9.17, 15) is 4.79 Å². The Bertz CT molecular complexity index is 588. The number of rotatable bonds is 4. The van der Waals surface area contributed by atoms with E-state index >= 15 is 0 Å². The molecule has 0 aliphatic carbocycles. The maximum Gasteiger partial charge on any atom is 0.253 e. The fourth-order valence-corrected chi connectivity index (χ4v) is 2.52. The van der Waals surface area contributed by atoms with Gasteiger partial charge in [-0.05, 0) is 12.1 Å².